The molecule has 0 aliphatic heterocycles. The maximum atomic E-state index is 9.29. The molecule has 12 heavy (non-hydrogen) atoms. The first kappa shape index (κ1) is 11.9. The predicted octanol–water partition coefficient (Wildman–Crippen LogP) is 2.23. The zero-order valence-corrected chi connectivity index (χ0v) is 8.71. The van der Waals surface area contributed by atoms with Crippen LogP contribution in [0.2, 0.25) is 0 Å². The molecule has 1 atom stereocenters. The second-order valence-electron chi connectivity index (χ2n) is 3.32. The number of hydrogen-bond donors (Lipinski definition) is 1. The molecule has 74 valence electrons. The molecule has 0 bridgehead atoms. The van der Waals surface area contributed by atoms with E-state index in [4.69, 9.17) is 0 Å². The molecule has 0 aromatic rings. The average molecular weight is 173 g/mol. The Balaban J connectivity index is 3.32. The van der Waals surface area contributed by atoms with E-state index < -0.39 is 0 Å². The van der Waals surface area contributed by atoms with Gasteiger partial charge in [0, 0.05) is 6.54 Å². The van der Waals surface area contributed by atoms with Crippen molar-refractivity contribution < 1.29 is 5.11 Å². The molecule has 0 heterocycles. The SMILES string of the molecule is CCCCCCN(CC)C(C)O. The lowest BCUT2D eigenvalue weighted by atomic mass is 10.2. The second kappa shape index (κ2) is 7.56. The van der Waals surface area contributed by atoms with Crippen molar-refractivity contribution in [2.75, 3.05) is 13.1 Å². The summed E-state index contributed by atoms with van der Waals surface area (Å²) < 4.78 is 0. The van der Waals surface area contributed by atoms with Crippen molar-refractivity contribution in [1.29, 1.82) is 0 Å². The van der Waals surface area contributed by atoms with Gasteiger partial charge in [0.25, 0.3) is 0 Å². The van der Waals surface area contributed by atoms with Gasteiger partial charge in [-0.1, -0.05) is 33.1 Å². The van der Waals surface area contributed by atoms with Crippen LogP contribution in [0.5, 0.6) is 0 Å². The van der Waals surface area contributed by atoms with E-state index in [1.165, 1.54) is 25.7 Å². The zero-order chi connectivity index (χ0) is 9.40. The Kier molecular flexibility index (Phi) is 7.51. The number of aliphatic hydroxyl groups excluding tert-OH is 1. The summed E-state index contributed by atoms with van der Waals surface area (Å²) >= 11 is 0. The van der Waals surface area contributed by atoms with Crippen molar-refractivity contribution in [3.8, 4) is 0 Å². The number of unbranched alkanes of at least 4 members (excludes halogenated alkanes) is 3. The fraction of sp³-hybridized carbons (Fsp3) is 1.00. The molecule has 0 fully saturated rings. The standard InChI is InChI=1S/C10H23NO/c1-4-6-7-8-9-11(5-2)10(3)12/h10,12H,4-9H2,1-3H3. The van der Waals surface area contributed by atoms with Gasteiger partial charge in [-0.15, -0.1) is 0 Å². The molecule has 0 amide bonds. The van der Waals surface area contributed by atoms with Gasteiger partial charge in [0.05, 0.1) is 0 Å². The summed E-state index contributed by atoms with van der Waals surface area (Å²) in [6.07, 6.45) is 4.82. The minimum atomic E-state index is -0.281. The van der Waals surface area contributed by atoms with Crippen LogP contribution in [0.3, 0.4) is 0 Å². The molecular weight excluding hydrogens is 150 g/mol. The van der Waals surface area contributed by atoms with Gasteiger partial charge >= 0.3 is 0 Å². The van der Waals surface area contributed by atoms with Crippen molar-refractivity contribution in [1.82, 2.24) is 4.90 Å². The van der Waals surface area contributed by atoms with Crippen LogP contribution in [-0.4, -0.2) is 29.3 Å². The molecular formula is C10H23NO. The van der Waals surface area contributed by atoms with Crippen molar-refractivity contribution in [2.24, 2.45) is 0 Å². The molecule has 0 aromatic carbocycles. The van der Waals surface area contributed by atoms with Crippen molar-refractivity contribution >= 4 is 0 Å². The van der Waals surface area contributed by atoms with Crippen molar-refractivity contribution in [2.45, 2.75) is 52.7 Å². The van der Waals surface area contributed by atoms with Gasteiger partial charge in [-0.3, -0.25) is 4.90 Å². The first-order chi connectivity index (χ1) is 5.72. The molecule has 2 heteroatoms. The van der Waals surface area contributed by atoms with Gasteiger partial charge in [0.2, 0.25) is 0 Å². The molecule has 0 aliphatic rings. The van der Waals surface area contributed by atoms with Gasteiger partial charge in [-0.2, -0.15) is 0 Å². The Bertz CT molecular complexity index is 93.8. The highest BCUT2D eigenvalue weighted by Crippen LogP contribution is 2.02. The Morgan fingerprint density at radius 1 is 1.17 bits per heavy atom. The third kappa shape index (κ3) is 5.56. The average Bonchev–Trinajstić information content (AvgIpc) is 2.04. The zero-order valence-electron chi connectivity index (χ0n) is 8.71. The number of rotatable bonds is 7. The highest BCUT2D eigenvalue weighted by molar-refractivity contribution is 4.55. The summed E-state index contributed by atoms with van der Waals surface area (Å²) in [6, 6.07) is 0. The fourth-order valence-corrected chi connectivity index (χ4v) is 1.35. The maximum Gasteiger partial charge on any atom is 0.104 e. The lowest BCUT2D eigenvalue weighted by Gasteiger charge is -2.23. The highest BCUT2D eigenvalue weighted by Gasteiger charge is 2.06. The van der Waals surface area contributed by atoms with Crippen LogP contribution in [0.4, 0.5) is 0 Å². The van der Waals surface area contributed by atoms with Crippen molar-refractivity contribution in [3.63, 3.8) is 0 Å². The summed E-state index contributed by atoms with van der Waals surface area (Å²) in [5.74, 6) is 0. The third-order valence-electron chi connectivity index (χ3n) is 2.23. The van der Waals surface area contributed by atoms with Crippen LogP contribution >= 0.6 is 0 Å². The van der Waals surface area contributed by atoms with E-state index in [2.05, 4.69) is 18.7 Å². The van der Waals surface area contributed by atoms with Gasteiger partial charge in [0.1, 0.15) is 6.23 Å². The molecule has 0 saturated carbocycles. The summed E-state index contributed by atoms with van der Waals surface area (Å²) in [4.78, 5) is 2.09. The van der Waals surface area contributed by atoms with E-state index in [1.54, 1.807) is 0 Å². The third-order valence-corrected chi connectivity index (χ3v) is 2.23. The quantitative estimate of drug-likeness (QED) is 0.471. The first-order valence-electron chi connectivity index (χ1n) is 5.14. The van der Waals surface area contributed by atoms with E-state index in [0.717, 1.165) is 13.1 Å². The highest BCUT2D eigenvalue weighted by atomic mass is 16.3. The molecule has 0 spiro atoms. The van der Waals surface area contributed by atoms with E-state index in [0.29, 0.717) is 0 Å². The monoisotopic (exact) mass is 173 g/mol. The predicted molar refractivity (Wildman–Crippen MR) is 53.1 cm³/mol. The minimum Gasteiger partial charge on any atom is -0.379 e. The summed E-state index contributed by atoms with van der Waals surface area (Å²) in [7, 11) is 0. The van der Waals surface area contributed by atoms with Crippen LogP contribution in [0.25, 0.3) is 0 Å². The van der Waals surface area contributed by atoms with E-state index >= 15 is 0 Å². The van der Waals surface area contributed by atoms with Crippen LogP contribution in [0.1, 0.15) is 46.5 Å². The van der Waals surface area contributed by atoms with Gasteiger partial charge in [-0.05, 0) is 19.9 Å². The fourth-order valence-electron chi connectivity index (χ4n) is 1.35. The largest absolute Gasteiger partial charge is 0.379 e. The molecule has 0 rings (SSSR count). The minimum absolute atomic E-state index is 0.281. The molecule has 0 saturated heterocycles. The Labute approximate surface area is 76.6 Å². The number of aliphatic hydroxyl groups is 1. The second-order valence-corrected chi connectivity index (χ2v) is 3.32. The van der Waals surface area contributed by atoms with Crippen molar-refractivity contribution in [3.05, 3.63) is 0 Å². The van der Waals surface area contributed by atoms with E-state index in [1.807, 2.05) is 6.92 Å². The van der Waals surface area contributed by atoms with E-state index in [-0.39, 0.29) is 6.23 Å². The number of nitrogens with zero attached hydrogens (tertiary/aromatic N) is 1. The van der Waals surface area contributed by atoms with Crippen LogP contribution in [0, 0.1) is 0 Å². The lowest BCUT2D eigenvalue weighted by Crippen LogP contribution is -2.33. The maximum absolute atomic E-state index is 9.29. The van der Waals surface area contributed by atoms with Gasteiger partial charge < -0.3 is 5.11 Å². The summed E-state index contributed by atoms with van der Waals surface area (Å²) in [5.41, 5.74) is 0. The molecule has 2 nitrogen and oxygen atoms in total. The summed E-state index contributed by atoms with van der Waals surface area (Å²) in [6.45, 7) is 8.13. The Morgan fingerprint density at radius 3 is 2.25 bits per heavy atom. The first-order valence-corrected chi connectivity index (χ1v) is 5.14. The number of hydrogen-bond acceptors (Lipinski definition) is 2. The molecule has 0 aliphatic carbocycles. The topological polar surface area (TPSA) is 23.5 Å². The Morgan fingerprint density at radius 2 is 1.83 bits per heavy atom. The molecule has 1 N–H and O–H groups in total. The van der Waals surface area contributed by atoms with Gasteiger partial charge in [0.15, 0.2) is 0 Å². The van der Waals surface area contributed by atoms with Crippen LogP contribution in [0.15, 0.2) is 0 Å². The molecule has 0 radical (unpaired) electrons. The molecule has 0 aromatic heterocycles. The van der Waals surface area contributed by atoms with Crippen LogP contribution in [-0.2, 0) is 0 Å². The Hall–Kier alpha value is -0.0800. The van der Waals surface area contributed by atoms with Crippen LogP contribution < -0.4 is 0 Å². The smallest absolute Gasteiger partial charge is 0.104 e. The normalized spacial score (nSPS) is 13.8. The summed E-state index contributed by atoms with van der Waals surface area (Å²) in [5, 5.41) is 9.29. The van der Waals surface area contributed by atoms with E-state index in [9.17, 15) is 5.11 Å². The molecule has 1 unspecified atom stereocenters. The van der Waals surface area contributed by atoms with Gasteiger partial charge in [-0.25, -0.2) is 0 Å². The lowest BCUT2D eigenvalue weighted by molar-refractivity contribution is 0.0214.